The maximum atomic E-state index is 3.63. The first-order valence-electron chi connectivity index (χ1n) is 18.1. The second-order valence-electron chi connectivity index (χ2n) is 14.5. The highest BCUT2D eigenvalue weighted by Gasteiger charge is 2.51. The molecule has 2 atom stereocenters. The highest BCUT2D eigenvalue weighted by Crippen LogP contribution is 2.63. The van der Waals surface area contributed by atoms with Crippen LogP contribution in [0.2, 0.25) is 0 Å². The molecule has 51 heavy (non-hydrogen) atoms. The summed E-state index contributed by atoms with van der Waals surface area (Å²) in [6.45, 7) is 2.34. The number of fused-ring (bicyclic) bond motifs is 10. The first-order chi connectivity index (χ1) is 25.1. The van der Waals surface area contributed by atoms with Crippen molar-refractivity contribution < 1.29 is 0 Å². The predicted molar refractivity (Wildman–Crippen MR) is 210 cm³/mol. The molecule has 10 rings (SSSR count). The van der Waals surface area contributed by atoms with Crippen molar-refractivity contribution in [3.8, 4) is 22.3 Å². The zero-order chi connectivity index (χ0) is 34.0. The van der Waals surface area contributed by atoms with Crippen LogP contribution < -0.4 is 4.90 Å². The van der Waals surface area contributed by atoms with Crippen molar-refractivity contribution in [2.75, 3.05) is 4.90 Å². The lowest BCUT2D eigenvalue weighted by Gasteiger charge is -2.34. The van der Waals surface area contributed by atoms with E-state index >= 15 is 0 Å². The second kappa shape index (κ2) is 11.5. The number of allylic oxidation sites excluding steroid dienone is 7. The van der Waals surface area contributed by atoms with Gasteiger partial charge < -0.3 is 4.90 Å². The van der Waals surface area contributed by atoms with Crippen LogP contribution in [0.25, 0.3) is 22.3 Å². The van der Waals surface area contributed by atoms with Crippen LogP contribution in [-0.4, -0.2) is 0 Å². The minimum Gasteiger partial charge on any atom is -0.304 e. The SMILES string of the molecule is CC1(c2ccccc2)C=CC(N(c2c#cc(C3C=CC=CC3)cc2)c2ccc3c(c2)C2(c4ccccc4-c4ccccc42)c2ccccc2-3)=CC1. The molecule has 0 amide bonds. The summed E-state index contributed by atoms with van der Waals surface area (Å²) in [5.74, 6) is 0.329. The molecule has 6 aromatic carbocycles. The van der Waals surface area contributed by atoms with E-state index in [1.165, 1.54) is 55.6 Å². The molecule has 4 aliphatic carbocycles. The van der Waals surface area contributed by atoms with E-state index in [4.69, 9.17) is 0 Å². The maximum Gasteiger partial charge on any atom is 0.0973 e. The molecule has 0 aromatic heterocycles. The Morgan fingerprint density at radius 2 is 1.27 bits per heavy atom. The van der Waals surface area contributed by atoms with Crippen LogP contribution in [0.5, 0.6) is 0 Å². The largest absolute Gasteiger partial charge is 0.304 e. The van der Waals surface area contributed by atoms with E-state index in [1.54, 1.807) is 0 Å². The van der Waals surface area contributed by atoms with Gasteiger partial charge in [0.15, 0.2) is 0 Å². The number of hydrogen-bond acceptors (Lipinski definition) is 1. The molecule has 4 aliphatic rings. The van der Waals surface area contributed by atoms with Gasteiger partial charge in [0, 0.05) is 28.3 Å². The molecule has 0 radical (unpaired) electrons. The molecule has 0 aliphatic heterocycles. The topological polar surface area (TPSA) is 3.24 Å². The highest BCUT2D eigenvalue weighted by molar-refractivity contribution is 5.96. The van der Waals surface area contributed by atoms with Crippen molar-refractivity contribution in [2.45, 2.75) is 36.5 Å². The quantitative estimate of drug-likeness (QED) is 0.179. The van der Waals surface area contributed by atoms with Crippen LogP contribution in [-0.2, 0) is 10.8 Å². The van der Waals surface area contributed by atoms with E-state index in [0.29, 0.717) is 5.92 Å². The van der Waals surface area contributed by atoms with Crippen LogP contribution >= 0.6 is 0 Å². The van der Waals surface area contributed by atoms with E-state index in [9.17, 15) is 0 Å². The molecule has 0 fully saturated rings. The van der Waals surface area contributed by atoms with Gasteiger partial charge >= 0.3 is 0 Å². The highest BCUT2D eigenvalue weighted by atomic mass is 15.1. The normalized spacial score (nSPS) is 19.9. The first kappa shape index (κ1) is 29.8. The molecule has 242 valence electrons. The minimum atomic E-state index is -0.399. The molecule has 0 bridgehead atoms. The summed E-state index contributed by atoms with van der Waals surface area (Å²) in [6, 6.07) is 56.7. The molecule has 1 heteroatoms. The number of nitrogens with zero attached hydrogens (tertiary/aromatic N) is 1. The molecule has 2 unspecified atom stereocenters. The van der Waals surface area contributed by atoms with Crippen molar-refractivity contribution in [3.63, 3.8) is 0 Å². The Balaban J connectivity index is 1.15. The van der Waals surface area contributed by atoms with E-state index < -0.39 is 5.41 Å². The van der Waals surface area contributed by atoms with Gasteiger partial charge in [-0.05, 0) is 99.3 Å². The van der Waals surface area contributed by atoms with Crippen LogP contribution in [0.3, 0.4) is 0 Å². The third kappa shape index (κ3) is 4.43. The molecule has 0 saturated carbocycles. The van der Waals surface area contributed by atoms with Crippen LogP contribution in [0.4, 0.5) is 11.4 Å². The van der Waals surface area contributed by atoms with Gasteiger partial charge in [-0.15, -0.1) is 0 Å². The molecular formula is C50H37N. The molecule has 1 nitrogen and oxygen atoms in total. The summed E-state index contributed by atoms with van der Waals surface area (Å²) in [6.07, 6.45) is 17.8. The van der Waals surface area contributed by atoms with Crippen LogP contribution in [0.15, 0.2) is 182 Å². The fourth-order valence-corrected chi connectivity index (χ4v) is 9.12. The zero-order valence-electron chi connectivity index (χ0n) is 28.7. The standard InChI is InChI=1S/C50H37N/c1-49(37-16-6-3-7-17-37)32-30-39(31-33-49)51(38-26-24-36(25-27-38)35-14-4-2-5-15-35)40-28-29-44-43-20-10-13-23-47(43)50(48(44)34-40)45-21-11-8-18-41(45)42-19-9-12-22-46(42)50/h2-14,16-24,26,28-32,34-35H,15,33H2,1H3. The average molecular weight is 652 g/mol. The fraction of sp³-hybridized carbons (Fsp3) is 0.120. The smallest absolute Gasteiger partial charge is 0.0973 e. The van der Waals surface area contributed by atoms with Gasteiger partial charge in [-0.3, -0.25) is 0 Å². The van der Waals surface area contributed by atoms with Gasteiger partial charge in [0.2, 0.25) is 0 Å². The van der Waals surface area contributed by atoms with Crippen molar-refractivity contribution in [3.05, 3.63) is 227 Å². The van der Waals surface area contributed by atoms with E-state index in [-0.39, 0.29) is 5.41 Å². The summed E-state index contributed by atoms with van der Waals surface area (Å²) in [7, 11) is 0. The lowest BCUT2D eigenvalue weighted by molar-refractivity contribution is 0.595. The van der Waals surface area contributed by atoms with Gasteiger partial charge in [0.25, 0.3) is 0 Å². The number of benzene rings is 5. The minimum absolute atomic E-state index is 0.0716. The van der Waals surface area contributed by atoms with Crippen molar-refractivity contribution >= 4 is 11.4 Å². The lowest BCUT2D eigenvalue weighted by Crippen LogP contribution is -2.27. The van der Waals surface area contributed by atoms with Gasteiger partial charge in [0.05, 0.1) is 11.1 Å². The van der Waals surface area contributed by atoms with E-state index in [0.717, 1.165) is 29.9 Å². The number of hydrogen-bond donors (Lipinski definition) is 0. The first-order valence-corrected chi connectivity index (χ1v) is 18.1. The Bertz CT molecular complexity index is 2380. The molecule has 6 aromatic rings. The third-order valence-corrected chi connectivity index (χ3v) is 11.7. The molecule has 1 spiro atoms. The monoisotopic (exact) mass is 651 g/mol. The summed E-state index contributed by atoms with van der Waals surface area (Å²) < 4.78 is 0. The Morgan fingerprint density at radius 3 is 1.86 bits per heavy atom. The average Bonchev–Trinajstić information content (AvgIpc) is 3.67. The molecule has 0 saturated heterocycles. The van der Waals surface area contributed by atoms with E-state index in [1.807, 2.05) is 0 Å². The second-order valence-corrected chi connectivity index (χ2v) is 14.5. The summed E-state index contributed by atoms with van der Waals surface area (Å²) in [5, 5.41) is 0. The van der Waals surface area contributed by atoms with Crippen molar-refractivity contribution in [2.24, 2.45) is 0 Å². The summed E-state index contributed by atoms with van der Waals surface area (Å²) in [5.41, 5.74) is 16.0. The van der Waals surface area contributed by atoms with Crippen LogP contribution in [0.1, 0.15) is 59.1 Å². The van der Waals surface area contributed by atoms with Crippen LogP contribution in [0, 0.1) is 12.1 Å². The van der Waals surface area contributed by atoms with Gasteiger partial charge in [-0.2, -0.15) is 0 Å². The summed E-state index contributed by atoms with van der Waals surface area (Å²) in [4.78, 5) is 2.39. The number of rotatable bonds is 5. The van der Waals surface area contributed by atoms with E-state index in [2.05, 4.69) is 200 Å². The van der Waals surface area contributed by atoms with Crippen molar-refractivity contribution in [1.29, 1.82) is 0 Å². The Hall–Kier alpha value is -6.10. The maximum absolute atomic E-state index is 3.63. The lowest BCUT2D eigenvalue weighted by atomic mass is 9.70. The fourth-order valence-electron chi connectivity index (χ4n) is 9.12. The molecular weight excluding hydrogens is 615 g/mol. The Morgan fingerprint density at radius 1 is 0.627 bits per heavy atom. The summed E-state index contributed by atoms with van der Waals surface area (Å²) >= 11 is 0. The molecule has 0 N–H and O–H groups in total. The predicted octanol–water partition coefficient (Wildman–Crippen LogP) is 12.2. The number of anilines is 2. The Labute approximate surface area is 301 Å². The van der Waals surface area contributed by atoms with Gasteiger partial charge in [-0.25, -0.2) is 0 Å². The third-order valence-electron chi connectivity index (χ3n) is 11.7. The van der Waals surface area contributed by atoms with Gasteiger partial charge in [0.1, 0.15) is 0 Å². The Kier molecular flexibility index (Phi) is 6.70. The van der Waals surface area contributed by atoms with Gasteiger partial charge in [-0.1, -0.05) is 159 Å². The molecule has 0 heterocycles. The zero-order valence-corrected chi connectivity index (χ0v) is 28.7. The van der Waals surface area contributed by atoms with Crippen molar-refractivity contribution in [1.82, 2.24) is 0 Å².